The van der Waals surface area contributed by atoms with E-state index in [1.54, 1.807) is 24.3 Å². The second-order valence-corrected chi connectivity index (χ2v) is 5.21. The highest BCUT2D eigenvalue weighted by molar-refractivity contribution is 9.10. The monoisotopic (exact) mass is 354 g/mol. The molecule has 21 heavy (non-hydrogen) atoms. The van der Waals surface area contributed by atoms with Crippen LogP contribution in [0.3, 0.4) is 0 Å². The van der Waals surface area contributed by atoms with Crippen molar-refractivity contribution in [3.05, 3.63) is 75.8 Å². The average Bonchev–Trinajstić information content (AvgIpc) is 2.45. The van der Waals surface area contributed by atoms with E-state index in [0.717, 1.165) is 17.7 Å². The summed E-state index contributed by atoms with van der Waals surface area (Å²) < 4.78 is 39.1. The van der Waals surface area contributed by atoms with Gasteiger partial charge in [0.25, 0.3) is 0 Å². The second-order valence-electron chi connectivity index (χ2n) is 4.30. The van der Waals surface area contributed by atoms with Crippen LogP contribution in [0.1, 0.15) is 21.5 Å². The maximum absolute atomic E-state index is 13.0. The summed E-state index contributed by atoms with van der Waals surface area (Å²) in [4.78, 5) is 12.0. The lowest BCUT2D eigenvalue weighted by molar-refractivity contribution is -0.137. The molecule has 0 unspecified atom stereocenters. The fourth-order valence-corrected chi connectivity index (χ4v) is 2.15. The molecule has 2 rings (SSSR count). The van der Waals surface area contributed by atoms with Crippen LogP contribution in [0.5, 0.6) is 0 Å². The third-order valence-corrected chi connectivity index (χ3v) is 3.27. The van der Waals surface area contributed by atoms with Crippen LogP contribution in [-0.4, -0.2) is 5.78 Å². The van der Waals surface area contributed by atoms with Gasteiger partial charge in [0.1, 0.15) is 0 Å². The minimum absolute atomic E-state index is 0.276. The first-order chi connectivity index (χ1) is 9.88. The lowest BCUT2D eigenvalue weighted by Crippen LogP contribution is -2.12. The summed E-state index contributed by atoms with van der Waals surface area (Å²) in [5.41, 5.74) is -0.561. The summed E-state index contributed by atoms with van der Waals surface area (Å²) in [5, 5.41) is 0. The smallest absolute Gasteiger partial charge is 0.289 e. The van der Waals surface area contributed by atoms with E-state index in [1.807, 2.05) is 6.07 Å². The Morgan fingerprint density at radius 3 is 2.33 bits per heavy atom. The SMILES string of the molecule is O=C(C=Cc1ccccc1)c1ccc(Br)cc1C(F)(F)F. The first-order valence-corrected chi connectivity index (χ1v) is 6.81. The van der Waals surface area contributed by atoms with Gasteiger partial charge in [0, 0.05) is 10.0 Å². The summed E-state index contributed by atoms with van der Waals surface area (Å²) in [6, 6.07) is 12.4. The molecular formula is C16H10BrF3O. The molecule has 0 aliphatic heterocycles. The fraction of sp³-hybridized carbons (Fsp3) is 0.0625. The number of allylic oxidation sites excluding steroid dienone is 1. The van der Waals surface area contributed by atoms with Gasteiger partial charge in [-0.15, -0.1) is 0 Å². The summed E-state index contributed by atoms with van der Waals surface area (Å²) in [5.74, 6) is -0.682. The highest BCUT2D eigenvalue weighted by Gasteiger charge is 2.34. The first-order valence-electron chi connectivity index (χ1n) is 6.02. The third kappa shape index (κ3) is 4.04. The predicted octanol–water partition coefficient (Wildman–Crippen LogP) is 5.36. The molecule has 0 spiro atoms. The summed E-state index contributed by atoms with van der Waals surface area (Å²) in [6.45, 7) is 0. The molecule has 0 aromatic heterocycles. The van der Waals surface area contributed by atoms with Crippen LogP contribution in [0.4, 0.5) is 13.2 Å². The molecule has 1 nitrogen and oxygen atoms in total. The lowest BCUT2D eigenvalue weighted by atomic mass is 10.0. The van der Waals surface area contributed by atoms with Crippen LogP contribution >= 0.6 is 15.9 Å². The highest BCUT2D eigenvalue weighted by atomic mass is 79.9. The van der Waals surface area contributed by atoms with Gasteiger partial charge in [-0.1, -0.05) is 52.3 Å². The number of hydrogen-bond donors (Lipinski definition) is 0. The molecule has 0 N–H and O–H groups in total. The summed E-state index contributed by atoms with van der Waals surface area (Å²) in [7, 11) is 0. The quantitative estimate of drug-likeness (QED) is 0.535. The van der Waals surface area contributed by atoms with Crippen molar-refractivity contribution < 1.29 is 18.0 Å². The third-order valence-electron chi connectivity index (χ3n) is 2.78. The Bertz CT molecular complexity index is 676. The molecule has 5 heteroatoms. The second kappa shape index (κ2) is 6.26. The number of hydrogen-bond acceptors (Lipinski definition) is 1. The van der Waals surface area contributed by atoms with Gasteiger partial charge < -0.3 is 0 Å². The van der Waals surface area contributed by atoms with Gasteiger partial charge in [0.15, 0.2) is 5.78 Å². The molecule has 0 amide bonds. The molecule has 108 valence electrons. The molecule has 0 heterocycles. The van der Waals surface area contributed by atoms with Gasteiger partial charge in [-0.25, -0.2) is 0 Å². The first kappa shape index (κ1) is 15.5. The molecule has 0 aliphatic carbocycles. The van der Waals surface area contributed by atoms with Crippen LogP contribution in [0.2, 0.25) is 0 Å². The van der Waals surface area contributed by atoms with E-state index in [9.17, 15) is 18.0 Å². The predicted molar refractivity (Wildman–Crippen MR) is 79.0 cm³/mol. The Balaban J connectivity index is 2.34. The number of halogens is 4. The minimum Gasteiger partial charge on any atom is -0.289 e. The van der Waals surface area contributed by atoms with Crippen LogP contribution in [0.25, 0.3) is 6.08 Å². The topological polar surface area (TPSA) is 17.1 Å². The van der Waals surface area contributed by atoms with Crippen LogP contribution < -0.4 is 0 Å². The average molecular weight is 355 g/mol. The van der Waals surface area contributed by atoms with Crippen molar-refractivity contribution in [3.63, 3.8) is 0 Å². The van der Waals surface area contributed by atoms with E-state index in [0.29, 0.717) is 0 Å². The van der Waals surface area contributed by atoms with Gasteiger partial charge >= 0.3 is 6.18 Å². The van der Waals surface area contributed by atoms with Gasteiger partial charge in [-0.05, 0) is 29.8 Å². The molecular weight excluding hydrogens is 345 g/mol. The normalized spacial score (nSPS) is 11.8. The van der Waals surface area contributed by atoms with Crippen molar-refractivity contribution >= 4 is 27.8 Å². The Morgan fingerprint density at radius 1 is 1.05 bits per heavy atom. The van der Waals surface area contributed by atoms with E-state index in [-0.39, 0.29) is 10.0 Å². The summed E-state index contributed by atoms with van der Waals surface area (Å²) >= 11 is 2.98. The Morgan fingerprint density at radius 2 is 1.71 bits per heavy atom. The highest BCUT2D eigenvalue weighted by Crippen LogP contribution is 2.34. The molecule has 0 fully saturated rings. The maximum atomic E-state index is 13.0. The zero-order valence-corrected chi connectivity index (χ0v) is 12.3. The number of carbonyl (C=O) groups is 1. The minimum atomic E-state index is -4.57. The molecule has 0 bridgehead atoms. The molecule has 0 saturated carbocycles. The van der Waals surface area contributed by atoms with Crippen LogP contribution in [0, 0.1) is 0 Å². The van der Waals surface area contributed by atoms with E-state index in [1.165, 1.54) is 18.2 Å². The Kier molecular flexibility index (Phi) is 4.63. The van der Waals surface area contributed by atoms with Gasteiger partial charge in [-0.3, -0.25) is 4.79 Å². The number of ketones is 1. The Labute approximate surface area is 128 Å². The number of alkyl halides is 3. The van der Waals surface area contributed by atoms with Gasteiger partial charge in [-0.2, -0.15) is 13.2 Å². The number of benzene rings is 2. The van der Waals surface area contributed by atoms with Crippen LogP contribution in [0.15, 0.2) is 59.1 Å². The lowest BCUT2D eigenvalue weighted by Gasteiger charge is -2.11. The van der Waals surface area contributed by atoms with Gasteiger partial charge in [0.05, 0.1) is 5.56 Å². The van der Waals surface area contributed by atoms with Crippen molar-refractivity contribution in [1.29, 1.82) is 0 Å². The van der Waals surface area contributed by atoms with E-state index in [4.69, 9.17) is 0 Å². The van der Waals surface area contributed by atoms with Crippen molar-refractivity contribution in [3.8, 4) is 0 Å². The van der Waals surface area contributed by atoms with Crippen molar-refractivity contribution in [2.24, 2.45) is 0 Å². The fourth-order valence-electron chi connectivity index (χ4n) is 1.79. The molecule has 0 radical (unpaired) electrons. The standard InChI is InChI=1S/C16H10BrF3O/c17-12-7-8-13(14(10-12)16(18,19)20)15(21)9-6-11-4-2-1-3-5-11/h1-10H. The molecule has 0 saturated heterocycles. The molecule has 0 atom stereocenters. The molecule has 2 aromatic rings. The molecule has 0 aliphatic rings. The summed E-state index contributed by atoms with van der Waals surface area (Å²) in [6.07, 6.45) is -1.94. The van der Waals surface area contributed by atoms with Crippen molar-refractivity contribution in [1.82, 2.24) is 0 Å². The largest absolute Gasteiger partial charge is 0.417 e. The molecule has 2 aromatic carbocycles. The van der Waals surface area contributed by atoms with E-state index >= 15 is 0 Å². The van der Waals surface area contributed by atoms with Crippen molar-refractivity contribution in [2.75, 3.05) is 0 Å². The maximum Gasteiger partial charge on any atom is 0.417 e. The number of carbonyl (C=O) groups excluding carboxylic acids is 1. The zero-order chi connectivity index (χ0) is 15.5. The van der Waals surface area contributed by atoms with E-state index < -0.39 is 17.5 Å². The van der Waals surface area contributed by atoms with E-state index in [2.05, 4.69) is 15.9 Å². The van der Waals surface area contributed by atoms with Crippen molar-refractivity contribution in [2.45, 2.75) is 6.18 Å². The Hall–Kier alpha value is -1.88. The van der Waals surface area contributed by atoms with Gasteiger partial charge in [0.2, 0.25) is 0 Å². The number of rotatable bonds is 3. The van der Waals surface area contributed by atoms with Crippen LogP contribution in [-0.2, 0) is 6.18 Å². The zero-order valence-electron chi connectivity index (χ0n) is 10.7.